The highest BCUT2D eigenvalue weighted by atomic mass is 16.5. The molecule has 1 aliphatic carbocycles. The number of rotatable bonds is 5. The van der Waals surface area contributed by atoms with Crippen LogP contribution in [0.2, 0.25) is 0 Å². The summed E-state index contributed by atoms with van der Waals surface area (Å²) in [7, 11) is 1.72. The van der Waals surface area contributed by atoms with Gasteiger partial charge in [0.2, 0.25) is 6.08 Å². The lowest BCUT2D eigenvalue weighted by molar-refractivity contribution is 0.146. The summed E-state index contributed by atoms with van der Waals surface area (Å²) in [5.74, 6) is 0. The summed E-state index contributed by atoms with van der Waals surface area (Å²) in [4.78, 5) is 14.7. The normalized spacial score (nSPS) is 17.4. The van der Waals surface area contributed by atoms with Crippen LogP contribution in [-0.4, -0.2) is 19.8 Å². The van der Waals surface area contributed by atoms with Gasteiger partial charge < -0.3 is 4.74 Å². The van der Waals surface area contributed by atoms with Gasteiger partial charge in [0.1, 0.15) is 0 Å². The molecule has 1 aromatic carbocycles. The van der Waals surface area contributed by atoms with Crippen molar-refractivity contribution in [1.29, 1.82) is 0 Å². The van der Waals surface area contributed by atoms with E-state index >= 15 is 0 Å². The summed E-state index contributed by atoms with van der Waals surface area (Å²) in [5, 5.41) is 0. The predicted octanol–water partition coefficient (Wildman–Crippen LogP) is 3.33. The molecule has 0 atom stereocenters. The van der Waals surface area contributed by atoms with Gasteiger partial charge in [-0.25, -0.2) is 4.79 Å². The second-order valence-corrected chi connectivity index (χ2v) is 5.99. The van der Waals surface area contributed by atoms with Gasteiger partial charge in [0.15, 0.2) is 0 Å². The van der Waals surface area contributed by atoms with Crippen molar-refractivity contribution >= 4 is 6.08 Å². The van der Waals surface area contributed by atoms with Crippen molar-refractivity contribution in [1.82, 2.24) is 0 Å². The Bertz CT molecular complexity index is 497. The molecule has 0 saturated heterocycles. The number of benzene rings is 1. The largest absolute Gasteiger partial charge is 0.384 e. The molecule has 1 aliphatic rings. The van der Waals surface area contributed by atoms with Crippen molar-refractivity contribution in [3.63, 3.8) is 0 Å². The van der Waals surface area contributed by atoms with Crippen LogP contribution in [0, 0.1) is 0 Å². The molecule has 0 bridgehead atoms. The molecule has 0 aliphatic heterocycles. The minimum absolute atomic E-state index is 0.0411. The predicted molar refractivity (Wildman–Crippen MR) is 75.0 cm³/mol. The van der Waals surface area contributed by atoms with Crippen molar-refractivity contribution in [3.05, 3.63) is 35.4 Å². The fraction of sp³-hybridized carbons (Fsp3) is 0.562. The summed E-state index contributed by atoms with van der Waals surface area (Å²) < 4.78 is 5.29. The number of aliphatic imine (C=N–C) groups is 1. The Morgan fingerprint density at radius 2 is 2.16 bits per heavy atom. The standard InChI is InChI=1S/C16H21NO2/c1-15(2,11-19-3)13-6-4-7-14(10-13)16(17-12-18)8-5-9-16/h4,6-7,10H,5,8-9,11H2,1-3H3. The molecule has 0 spiro atoms. The third kappa shape index (κ3) is 2.63. The first kappa shape index (κ1) is 14.0. The molecule has 0 N–H and O–H groups in total. The highest BCUT2D eigenvalue weighted by Crippen LogP contribution is 2.45. The molecule has 0 heterocycles. The third-order valence-corrected chi connectivity index (χ3v) is 4.13. The van der Waals surface area contributed by atoms with Crippen LogP contribution in [0.15, 0.2) is 29.3 Å². The van der Waals surface area contributed by atoms with E-state index in [4.69, 9.17) is 4.74 Å². The summed E-state index contributed by atoms with van der Waals surface area (Å²) in [6, 6.07) is 8.38. The van der Waals surface area contributed by atoms with Gasteiger partial charge in [-0.15, -0.1) is 0 Å². The molecule has 1 saturated carbocycles. The molecule has 0 amide bonds. The van der Waals surface area contributed by atoms with E-state index in [9.17, 15) is 4.79 Å². The van der Waals surface area contributed by atoms with Gasteiger partial charge in [0.05, 0.1) is 12.1 Å². The zero-order valence-electron chi connectivity index (χ0n) is 11.9. The molecule has 1 fully saturated rings. The quantitative estimate of drug-likeness (QED) is 0.601. The van der Waals surface area contributed by atoms with E-state index < -0.39 is 0 Å². The van der Waals surface area contributed by atoms with Crippen molar-refractivity contribution in [2.24, 2.45) is 4.99 Å². The number of nitrogens with zero attached hydrogens (tertiary/aromatic N) is 1. The second kappa shape index (κ2) is 5.28. The fourth-order valence-corrected chi connectivity index (χ4v) is 2.74. The Kier molecular flexibility index (Phi) is 3.88. The van der Waals surface area contributed by atoms with Gasteiger partial charge >= 0.3 is 0 Å². The van der Waals surface area contributed by atoms with Gasteiger partial charge in [-0.1, -0.05) is 38.1 Å². The minimum atomic E-state index is -0.319. The Labute approximate surface area is 114 Å². The van der Waals surface area contributed by atoms with Crippen LogP contribution < -0.4 is 0 Å². The maximum atomic E-state index is 10.7. The van der Waals surface area contributed by atoms with E-state index in [1.54, 1.807) is 13.2 Å². The molecule has 0 unspecified atom stereocenters. The Morgan fingerprint density at radius 3 is 2.68 bits per heavy atom. The number of hydrogen-bond donors (Lipinski definition) is 0. The van der Waals surface area contributed by atoms with Crippen molar-refractivity contribution < 1.29 is 9.53 Å². The van der Waals surface area contributed by atoms with Crippen LogP contribution in [0.3, 0.4) is 0 Å². The molecule has 2 rings (SSSR count). The van der Waals surface area contributed by atoms with E-state index in [1.165, 1.54) is 5.56 Å². The monoisotopic (exact) mass is 259 g/mol. The van der Waals surface area contributed by atoms with E-state index in [-0.39, 0.29) is 11.0 Å². The van der Waals surface area contributed by atoms with Crippen LogP contribution in [0.4, 0.5) is 0 Å². The SMILES string of the molecule is COCC(C)(C)c1cccc(C2(N=C=O)CCC2)c1. The van der Waals surface area contributed by atoms with Crippen LogP contribution in [0.5, 0.6) is 0 Å². The summed E-state index contributed by atoms with van der Waals surface area (Å²) in [5.41, 5.74) is 1.99. The minimum Gasteiger partial charge on any atom is -0.384 e. The summed E-state index contributed by atoms with van der Waals surface area (Å²) in [6.07, 6.45) is 4.75. The van der Waals surface area contributed by atoms with Crippen LogP contribution in [-0.2, 0) is 20.5 Å². The first-order chi connectivity index (χ1) is 9.04. The molecular formula is C16H21NO2. The average Bonchev–Trinajstić information content (AvgIpc) is 2.34. The number of isocyanates is 1. The number of hydrogen-bond acceptors (Lipinski definition) is 3. The zero-order chi connectivity index (χ0) is 13.9. The van der Waals surface area contributed by atoms with Crippen molar-refractivity contribution in [2.75, 3.05) is 13.7 Å². The van der Waals surface area contributed by atoms with E-state index in [1.807, 2.05) is 6.07 Å². The highest BCUT2D eigenvalue weighted by Gasteiger charge is 2.39. The number of methoxy groups -OCH3 is 1. The van der Waals surface area contributed by atoms with Gasteiger partial charge in [0.25, 0.3) is 0 Å². The molecular weight excluding hydrogens is 238 g/mol. The molecule has 0 aromatic heterocycles. The van der Waals surface area contributed by atoms with Crippen LogP contribution >= 0.6 is 0 Å². The van der Waals surface area contributed by atoms with Gasteiger partial charge in [-0.05, 0) is 30.4 Å². The van der Waals surface area contributed by atoms with E-state index in [2.05, 4.69) is 37.0 Å². The van der Waals surface area contributed by atoms with Crippen LogP contribution in [0.1, 0.15) is 44.2 Å². The topological polar surface area (TPSA) is 38.7 Å². The van der Waals surface area contributed by atoms with Gasteiger partial charge in [-0.2, -0.15) is 4.99 Å². The molecule has 0 radical (unpaired) electrons. The fourth-order valence-electron chi connectivity index (χ4n) is 2.74. The molecule has 1 aromatic rings. The number of ether oxygens (including phenoxy) is 1. The van der Waals surface area contributed by atoms with Gasteiger partial charge in [-0.3, -0.25) is 0 Å². The average molecular weight is 259 g/mol. The Morgan fingerprint density at radius 1 is 1.42 bits per heavy atom. The Balaban J connectivity index is 2.37. The highest BCUT2D eigenvalue weighted by molar-refractivity contribution is 5.41. The molecule has 3 heteroatoms. The first-order valence-corrected chi connectivity index (χ1v) is 6.73. The molecule has 3 nitrogen and oxygen atoms in total. The maximum absolute atomic E-state index is 10.7. The van der Waals surface area contributed by atoms with Gasteiger partial charge in [0, 0.05) is 12.5 Å². The second-order valence-electron chi connectivity index (χ2n) is 5.99. The smallest absolute Gasteiger partial charge is 0.235 e. The van der Waals surface area contributed by atoms with E-state index in [0.717, 1.165) is 24.8 Å². The maximum Gasteiger partial charge on any atom is 0.235 e. The van der Waals surface area contributed by atoms with Crippen molar-refractivity contribution in [3.8, 4) is 0 Å². The summed E-state index contributed by atoms with van der Waals surface area (Å²) in [6.45, 7) is 4.98. The zero-order valence-corrected chi connectivity index (χ0v) is 11.9. The summed E-state index contributed by atoms with van der Waals surface area (Å²) >= 11 is 0. The van der Waals surface area contributed by atoms with E-state index in [0.29, 0.717) is 6.61 Å². The third-order valence-electron chi connectivity index (χ3n) is 4.13. The molecule has 102 valence electrons. The van der Waals surface area contributed by atoms with Crippen molar-refractivity contribution in [2.45, 2.75) is 44.1 Å². The lowest BCUT2D eigenvalue weighted by Crippen LogP contribution is -2.32. The lowest BCUT2D eigenvalue weighted by atomic mass is 9.71. The lowest BCUT2D eigenvalue weighted by Gasteiger charge is -2.38. The number of carbonyl (C=O) groups excluding carboxylic acids is 1. The van der Waals surface area contributed by atoms with Crippen LogP contribution in [0.25, 0.3) is 0 Å². The first-order valence-electron chi connectivity index (χ1n) is 6.73. The molecule has 19 heavy (non-hydrogen) atoms. The Hall–Kier alpha value is -1.44.